The number of nitrogens with zero attached hydrogens (tertiary/aromatic N) is 2. The maximum absolute atomic E-state index is 11.8. The molecule has 1 amide bonds. The first-order valence-corrected chi connectivity index (χ1v) is 6.90. The van der Waals surface area contributed by atoms with Crippen molar-refractivity contribution in [3.05, 3.63) is 64.2 Å². The third-order valence-corrected chi connectivity index (χ3v) is 3.50. The summed E-state index contributed by atoms with van der Waals surface area (Å²) in [5.74, 6) is 0.229. The molecular weight excluding hydrogens is 274 g/mol. The SMILES string of the molecule is O=C(Nc1nnc(Cc2ccccc2)o1)c1cccs1. The minimum Gasteiger partial charge on any atom is -0.407 e. The molecule has 2 heterocycles. The van der Waals surface area contributed by atoms with E-state index in [9.17, 15) is 4.79 Å². The van der Waals surface area contributed by atoms with Crippen LogP contribution >= 0.6 is 11.3 Å². The summed E-state index contributed by atoms with van der Waals surface area (Å²) >= 11 is 1.36. The number of aromatic nitrogens is 2. The number of hydrogen-bond acceptors (Lipinski definition) is 5. The van der Waals surface area contributed by atoms with Gasteiger partial charge in [0, 0.05) is 0 Å². The molecule has 0 fully saturated rings. The van der Waals surface area contributed by atoms with Crippen LogP contribution in [-0.4, -0.2) is 16.1 Å². The van der Waals surface area contributed by atoms with Crippen molar-refractivity contribution in [1.82, 2.24) is 10.2 Å². The molecular formula is C14H11N3O2S. The van der Waals surface area contributed by atoms with E-state index >= 15 is 0 Å². The van der Waals surface area contributed by atoms with Gasteiger partial charge in [0.15, 0.2) is 0 Å². The summed E-state index contributed by atoms with van der Waals surface area (Å²) < 4.78 is 5.41. The van der Waals surface area contributed by atoms with Crippen molar-refractivity contribution in [3.63, 3.8) is 0 Å². The van der Waals surface area contributed by atoms with Crippen LogP contribution in [0.25, 0.3) is 0 Å². The third kappa shape index (κ3) is 2.92. The van der Waals surface area contributed by atoms with Crippen LogP contribution in [0.15, 0.2) is 52.3 Å². The second-order valence-corrected chi connectivity index (χ2v) is 5.04. The Hall–Kier alpha value is -2.47. The van der Waals surface area contributed by atoms with Crippen LogP contribution in [0, 0.1) is 0 Å². The largest absolute Gasteiger partial charge is 0.407 e. The van der Waals surface area contributed by atoms with E-state index in [2.05, 4.69) is 15.5 Å². The van der Waals surface area contributed by atoms with Gasteiger partial charge in [-0.3, -0.25) is 10.1 Å². The van der Waals surface area contributed by atoms with Gasteiger partial charge in [-0.2, -0.15) is 0 Å². The Morgan fingerprint density at radius 3 is 2.75 bits per heavy atom. The molecule has 3 aromatic rings. The average Bonchev–Trinajstić information content (AvgIpc) is 3.11. The molecule has 100 valence electrons. The van der Waals surface area contributed by atoms with E-state index in [1.54, 1.807) is 6.07 Å². The number of amides is 1. The predicted octanol–water partition coefficient (Wildman–Crippen LogP) is 2.97. The topological polar surface area (TPSA) is 68.0 Å². The van der Waals surface area contributed by atoms with Crippen LogP contribution in [0.3, 0.4) is 0 Å². The van der Waals surface area contributed by atoms with Gasteiger partial charge in [-0.1, -0.05) is 41.5 Å². The van der Waals surface area contributed by atoms with E-state index in [4.69, 9.17) is 4.42 Å². The molecule has 20 heavy (non-hydrogen) atoms. The lowest BCUT2D eigenvalue weighted by molar-refractivity contribution is 0.102. The zero-order valence-electron chi connectivity index (χ0n) is 10.4. The fraction of sp³-hybridized carbons (Fsp3) is 0.0714. The molecule has 0 aliphatic carbocycles. The molecule has 5 nitrogen and oxygen atoms in total. The molecule has 0 saturated carbocycles. The van der Waals surface area contributed by atoms with Gasteiger partial charge in [-0.15, -0.1) is 16.4 Å². The van der Waals surface area contributed by atoms with E-state index < -0.39 is 0 Å². The van der Waals surface area contributed by atoms with E-state index in [0.717, 1.165) is 5.56 Å². The van der Waals surface area contributed by atoms with Gasteiger partial charge in [0.25, 0.3) is 5.91 Å². The van der Waals surface area contributed by atoms with Gasteiger partial charge in [0.1, 0.15) is 0 Å². The molecule has 3 rings (SSSR count). The monoisotopic (exact) mass is 285 g/mol. The zero-order chi connectivity index (χ0) is 13.8. The second-order valence-electron chi connectivity index (χ2n) is 4.09. The lowest BCUT2D eigenvalue weighted by Crippen LogP contribution is -2.10. The number of hydrogen-bond donors (Lipinski definition) is 1. The molecule has 0 atom stereocenters. The summed E-state index contributed by atoms with van der Waals surface area (Å²) in [5.41, 5.74) is 1.08. The quantitative estimate of drug-likeness (QED) is 0.800. The smallest absolute Gasteiger partial charge is 0.322 e. The van der Waals surface area contributed by atoms with Crippen LogP contribution in [0.1, 0.15) is 21.1 Å². The van der Waals surface area contributed by atoms with Crippen molar-refractivity contribution < 1.29 is 9.21 Å². The Morgan fingerprint density at radius 2 is 2.00 bits per heavy atom. The third-order valence-electron chi connectivity index (χ3n) is 2.63. The van der Waals surface area contributed by atoms with Crippen molar-refractivity contribution in [2.45, 2.75) is 6.42 Å². The van der Waals surface area contributed by atoms with Crippen LogP contribution < -0.4 is 5.32 Å². The highest BCUT2D eigenvalue weighted by molar-refractivity contribution is 7.12. The van der Waals surface area contributed by atoms with E-state index in [1.807, 2.05) is 41.8 Å². The van der Waals surface area contributed by atoms with E-state index in [1.165, 1.54) is 11.3 Å². The lowest BCUT2D eigenvalue weighted by Gasteiger charge is -1.97. The van der Waals surface area contributed by atoms with Crippen molar-refractivity contribution in [3.8, 4) is 0 Å². The highest BCUT2D eigenvalue weighted by atomic mass is 32.1. The molecule has 0 aliphatic rings. The standard InChI is InChI=1S/C14H11N3O2S/c18-13(11-7-4-8-20-11)15-14-17-16-12(19-14)9-10-5-2-1-3-6-10/h1-8H,9H2,(H,15,17,18). The summed E-state index contributed by atoms with van der Waals surface area (Å²) in [6.45, 7) is 0. The molecule has 0 aliphatic heterocycles. The summed E-state index contributed by atoms with van der Waals surface area (Å²) in [5, 5.41) is 12.2. The molecule has 0 radical (unpaired) electrons. The van der Waals surface area contributed by atoms with Crippen LogP contribution in [0.5, 0.6) is 0 Å². The number of carbonyl (C=O) groups is 1. The lowest BCUT2D eigenvalue weighted by atomic mass is 10.2. The summed E-state index contributed by atoms with van der Waals surface area (Å²) in [6, 6.07) is 13.5. The Balaban J connectivity index is 1.67. The first-order valence-electron chi connectivity index (χ1n) is 6.02. The van der Waals surface area contributed by atoms with Gasteiger partial charge in [0.2, 0.25) is 5.89 Å². The maximum atomic E-state index is 11.8. The molecule has 0 saturated heterocycles. The average molecular weight is 285 g/mol. The van der Waals surface area contributed by atoms with Crippen molar-refractivity contribution in [1.29, 1.82) is 0 Å². The first-order chi connectivity index (χ1) is 9.81. The maximum Gasteiger partial charge on any atom is 0.322 e. The van der Waals surface area contributed by atoms with E-state index in [0.29, 0.717) is 17.2 Å². The Kier molecular flexibility index (Phi) is 3.56. The number of benzene rings is 1. The number of nitrogens with one attached hydrogen (secondary N) is 1. The highest BCUT2D eigenvalue weighted by Gasteiger charge is 2.12. The normalized spacial score (nSPS) is 10.4. The minimum atomic E-state index is -0.241. The van der Waals surface area contributed by atoms with Crippen molar-refractivity contribution in [2.75, 3.05) is 5.32 Å². The molecule has 1 aromatic carbocycles. The molecule has 0 unspecified atom stereocenters. The fourth-order valence-electron chi connectivity index (χ4n) is 1.71. The highest BCUT2D eigenvalue weighted by Crippen LogP contribution is 2.14. The number of carbonyl (C=O) groups excluding carboxylic acids is 1. The van der Waals surface area contributed by atoms with Crippen LogP contribution in [-0.2, 0) is 6.42 Å². The van der Waals surface area contributed by atoms with Gasteiger partial charge in [0.05, 0.1) is 11.3 Å². The fourth-order valence-corrected chi connectivity index (χ4v) is 2.33. The molecule has 2 aromatic heterocycles. The van der Waals surface area contributed by atoms with Crippen LogP contribution in [0.2, 0.25) is 0 Å². The molecule has 0 bridgehead atoms. The Morgan fingerprint density at radius 1 is 1.15 bits per heavy atom. The molecule has 1 N–H and O–H groups in total. The van der Waals surface area contributed by atoms with Crippen molar-refractivity contribution >= 4 is 23.3 Å². The van der Waals surface area contributed by atoms with Gasteiger partial charge in [-0.25, -0.2) is 0 Å². The number of thiophene rings is 1. The second kappa shape index (κ2) is 5.66. The zero-order valence-corrected chi connectivity index (χ0v) is 11.3. The van der Waals surface area contributed by atoms with Crippen LogP contribution in [0.4, 0.5) is 6.01 Å². The van der Waals surface area contributed by atoms with Gasteiger partial charge >= 0.3 is 6.01 Å². The molecule has 6 heteroatoms. The number of anilines is 1. The summed E-state index contributed by atoms with van der Waals surface area (Å²) in [4.78, 5) is 12.4. The molecule has 0 spiro atoms. The summed E-state index contributed by atoms with van der Waals surface area (Å²) in [7, 11) is 0. The minimum absolute atomic E-state index is 0.120. The first kappa shape index (κ1) is 12.6. The van der Waals surface area contributed by atoms with Gasteiger partial charge < -0.3 is 4.42 Å². The van der Waals surface area contributed by atoms with E-state index in [-0.39, 0.29) is 11.9 Å². The van der Waals surface area contributed by atoms with Crippen molar-refractivity contribution in [2.24, 2.45) is 0 Å². The number of rotatable bonds is 4. The Labute approximate surface area is 119 Å². The predicted molar refractivity (Wildman–Crippen MR) is 75.8 cm³/mol. The Bertz CT molecular complexity index is 692. The summed E-state index contributed by atoms with van der Waals surface area (Å²) in [6.07, 6.45) is 0.544. The van der Waals surface area contributed by atoms with Gasteiger partial charge in [-0.05, 0) is 17.0 Å².